The summed E-state index contributed by atoms with van der Waals surface area (Å²) in [6.45, 7) is 0.196. The fraction of sp³-hybridized carbons (Fsp3) is 0.130. The predicted octanol–water partition coefficient (Wildman–Crippen LogP) is 4.16. The molecule has 3 N–H and O–H groups in total. The number of aromatic amines is 1. The molecule has 168 valence electrons. The number of hydrogen-bond acceptors (Lipinski definition) is 7. The first kappa shape index (κ1) is 21.6. The van der Waals surface area contributed by atoms with Gasteiger partial charge < -0.3 is 25.1 Å². The number of carbonyl (C=O) groups is 1. The Balaban J connectivity index is 1.60. The summed E-state index contributed by atoms with van der Waals surface area (Å²) in [5, 5.41) is 17.5. The number of anilines is 2. The Labute approximate surface area is 188 Å². The van der Waals surface area contributed by atoms with Crippen LogP contribution in [0.2, 0.25) is 0 Å². The van der Waals surface area contributed by atoms with Gasteiger partial charge in [0.1, 0.15) is 5.69 Å². The average molecular weight is 447 g/mol. The highest BCUT2D eigenvalue weighted by Crippen LogP contribution is 2.32. The maximum absolute atomic E-state index is 13.0. The number of ether oxygens (including phenoxy) is 2. The summed E-state index contributed by atoms with van der Waals surface area (Å²) in [6, 6.07) is 14.9. The van der Waals surface area contributed by atoms with Crippen LogP contribution in [0.1, 0.15) is 15.9 Å². The number of nitro benzene ring substituents is 1. The first-order chi connectivity index (χ1) is 16.0. The number of nitrogens with zero attached hydrogens (tertiary/aromatic N) is 2. The number of H-pyrrole nitrogens is 1. The van der Waals surface area contributed by atoms with E-state index in [0.717, 1.165) is 16.6 Å². The van der Waals surface area contributed by atoms with Crippen LogP contribution in [0.25, 0.3) is 11.0 Å². The van der Waals surface area contributed by atoms with Gasteiger partial charge >= 0.3 is 0 Å². The number of hydrogen-bond donors (Lipinski definition) is 3. The lowest BCUT2D eigenvalue weighted by Gasteiger charge is -2.14. The van der Waals surface area contributed by atoms with Crippen molar-refractivity contribution in [3.63, 3.8) is 0 Å². The highest BCUT2D eigenvalue weighted by molar-refractivity contribution is 6.02. The molecule has 1 aromatic heterocycles. The third kappa shape index (κ3) is 4.54. The minimum Gasteiger partial charge on any atom is -0.493 e. The second-order valence-electron chi connectivity index (χ2n) is 7.09. The molecular formula is C23H21N5O5. The average Bonchev–Trinajstić information content (AvgIpc) is 3.30. The molecule has 10 heteroatoms. The molecule has 3 aromatic carbocycles. The highest BCUT2D eigenvalue weighted by Gasteiger charge is 2.22. The first-order valence-corrected chi connectivity index (χ1v) is 9.97. The summed E-state index contributed by atoms with van der Waals surface area (Å²) < 4.78 is 10.5. The summed E-state index contributed by atoms with van der Waals surface area (Å²) in [5.74, 6) is 0.654. The minimum atomic E-state index is -0.526. The molecule has 0 saturated heterocycles. The molecule has 0 bridgehead atoms. The summed E-state index contributed by atoms with van der Waals surface area (Å²) in [4.78, 5) is 31.3. The van der Waals surface area contributed by atoms with Gasteiger partial charge in [0.15, 0.2) is 11.5 Å². The number of amides is 1. The fourth-order valence-electron chi connectivity index (χ4n) is 3.44. The molecule has 4 aromatic rings. The number of nitrogens with one attached hydrogen (secondary N) is 3. The van der Waals surface area contributed by atoms with Gasteiger partial charge in [0.2, 0.25) is 0 Å². The van der Waals surface area contributed by atoms with Crippen molar-refractivity contribution in [3.8, 4) is 11.5 Å². The van der Waals surface area contributed by atoms with Crippen LogP contribution in [0.5, 0.6) is 11.5 Å². The van der Waals surface area contributed by atoms with E-state index in [-0.39, 0.29) is 23.5 Å². The second kappa shape index (κ2) is 9.27. The van der Waals surface area contributed by atoms with Gasteiger partial charge in [-0.2, -0.15) is 0 Å². The quantitative estimate of drug-likeness (QED) is 0.273. The zero-order valence-electron chi connectivity index (χ0n) is 17.9. The highest BCUT2D eigenvalue weighted by atomic mass is 16.6. The van der Waals surface area contributed by atoms with Crippen molar-refractivity contribution in [1.29, 1.82) is 0 Å². The molecule has 1 amide bonds. The number of rotatable bonds is 8. The molecule has 4 rings (SSSR count). The third-order valence-corrected chi connectivity index (χ3v) is 5.07. The zero-order valence-corrected chi connectivity index (χ0v) is 17.9. The maximum Gasteiger partial charge on any atom is 0.293 e. The molecule has 0 aliphatic carbocycles. The number of carbonyl (C=O) groups excluding carboxylic acids is 1. The fourth-order valence-corrected chi connectivity index (χ4v) is 3.44. The second-order valence-corrected chi connectivity index (χ2v) is 7.09. The monoisotopic (exact) mass is 447 g/mol. The van der Waals surface area contributed by atoms with Crippen molar-refractivity contribution >= 4 is 34.0 Å². The summed E-state index contributed by atoms with van der Waals surface area (Å²) >= 11 is 0. The summed E-state index contributed by atoms with van der Waals surface area (Å²) in [5.41, 5.74) is 2.92. The molecule has 0 spiro atoms. The van der Waals surface area contributed by atoms with E-state index >= 15 is 0 Å². The number of benzene rings is 3. The van der Waals surface area contributed by atoms with E-state index in [2.05, 4.69) is 20.6 Å². The number of methoxy groups -OCH3 is 2. The molecule has 0 atom stereocenters. The van der Waals surface area contributed by atoms with Gasteiger partial charge in [-0.05, 0) is 42.0 Å². The number of imidazole rings is 1. The van der Waals surface area contributed by atoms with Gasteiger partial charge in [0, 0.05) is 18.3 Å². The van der Waals surface area contributed by atoms with E-state index in [1.807, 2.05) is 0 Å². The third-order valence-electron chi connectivity index (χ3n) is 5.07. The number of aromatic nitrogens is 2. The van der Waals surface area contributed by atoms with Crippen LogP contribution in [0.15, 0.2) is 60.9 Å². The normalized spacial score (nSPS) is 10.6. The van der Waals surface area contributed by atoms with Crippen LogP contribution < -0.4 is 20.1 Å². The molecule has 33 heavy (non-hydrogen) atoms. The van der Waals surface area contributed by atoms with E-state index in [1.54, 1.807) is 49.8 Å². The molecule has 0 aliphatic heterocycles. The van der Waals surface area contributed by atoms with Crippen LogP contribution in [0, 0.1) is 10.1 Å². The van der Waals surface area contributed by atoms with Crippen molar-refractivity contribution in [2.24, 2.45) is 0 Å². The first-order valence-electron chi connectivity index (χ1n) is 9.97. The van der Waals surface area contributed by atoms with Crippen molar-refractivity contribution in [2.75, 3.05) is 19.5 Å². The molecule has 1 heterocycles. The van der Waals surface area contributed by atoms with Gasteiger partial charge in [-0.3, -0.25) is 14.9 Å². The van der Waals surface area contributed by atoms with E-state index in [9.17, 15) is 14.9 Å². The van der Waals surface area contributed by atoms with E-state index < -0.39 is 10.8 Å². The van der Waals surface area contributed by atoms with Crippen molar-refractivity contribution in [3.05, 3.63) is 82.2 Å². The molecule has 0 radical (unpaired) electrons. The van der Waals surface area contributed by atoms with E-state index in [4.69, 9.17) is 9.47 Å². The van der Waals surface area contributed by atoms with Gasteiger partial charge in [0.25, 0.3) is 11.6 Å². The standard InChI is InChI=1S/C23H21N5O5/c1-32-20-9-6-14(10-21(20)33-2)12-24-23(29)16-4-3-5-19(28(30)31)22(16)27-15-7-8-17-18(11-15)26-13-25-17/h3-11,13,27H,12H2,1-2H3,(H,24,29)(H,25,26). The van der Waals surface area contributed by atoms with Crippen LogP contribution in [-0.2, 0) is 6.54 Å². The summed E-state index contributed by atoms with van der Waals surface area (Å²) in [6.07, 6.45) is 1.56. The van der Waals surface area contributed by atoms with E-state index in [1.165, 1.54) is 25.3 Å². The van der Waals surface area contributed by atoms with Gasteiger partial charge in [-0.1, -0.05) is 12.1 Å². The van der Waals surface area contributed by atoms with Gasteiger partial charge in [-0.25, -0.2) is 4.98 Å². The Kier molecular flexibility index (Phi) is 6.07. The Hall–Kier alpha value is -4.60. The Morgan fingerprint density at radius 1 is 1.09 bits per heavy atom. The van der Waals surface area contributed by atoms with Crippen LogP contribution in [0.4, 0.5) is 17.1 Å². The minimum absolute atomic E-state index is 0.103. The smallest absolute Gasteiger partial charge is 0.293 e. The van der Waals surface area contributed by atoms with Crippen LogP contribution >= 0.6 is 0 Å². The van der Waals surface area contributed by atoms with Crippen molar-refractivity contribution in [2.45, 2.75) is 6.54 Å². The lowest BCUT2D eigenvalue weighted by molar-refractivity contribution is -0.383. The number of fused-ring (bicyclic) bond motifs is 1. The largest absolute Gasteiger partial charge is 0.493 e. The van der Waals surface area contributed by atoms with Crippen LogP contribution in [-0.4, -0.2) is 35.0 Å². The molecule has 0 saturated carbocycles. The predicted molar refractivity (Wildman–Crippen MR) is 123 cm³/mol. The maximum atomic E-state index is 13.0. The number of nitro groups is 1. The Morgan fingerprint density at radius 2 is 1.91 bits per heavy atom. The topological polar surface area (TPSA) is 131 Å². The van der Waals surface area contributed by atoms with E-state index in [0.29, 0.717) is 17.2 Å². The molecular weight excluding hydrogens is 426 g/mol. The van der Waals surface area contributed by atoms with Crippen molar-refractivity contribution < 1.29 is 19.2 Å². The molecule has 10 nitrogen and oxygen atoms in total. The molecule has 0 aliphatic rings. The Bertz CT molecular complexity index is 1330. The van der Waals surface area contributed by atoms with Crippen LogP contribution in [0.3, 0.4) is 0 Å². The zero-order chi connectivity index (χ0) is 23.4. The summed E-state index contributed by atoms with van der Waals surface area (Å²) in [7, 11) is 3.07. The molecule has 0 fully saturated rings. The lowest BCUT2D eigenvalue weighted by Crippen LogP contribution is -2.24. The van der Waals surface area contributed by atoms with Gasteiger partial charge in [0.05, 0.1) is 42.1 Å². The van der Waals surface area contributed by atoms with Gasteiger partial charge in [-0.15, -0.1) is 0 Å². The number of para-hydroxylation sites is 1. The van der Waals surface area contributed by atoms with Crippen molar-refractivity contribution in [1.82, 2.24) is 15.3 Å². The SMILES string of the molecule is COc1ccc(CNC(=O)c2cccc([N+](=O)[O-])c2Nc2ccc3nc[nH]c3c2)cc1OC. The Morgan fingerprint density at radius 3 is 2.67 bits per heavy atom. The lowest BCUT2D eigenvalue weighted by atomic mass is 10.1. The molecule has 0 unspecified atom stereocenters.